The first kappa shape index (κ1) is 12.5. The van der Waals surface area contributed by atoms with E-state index >= 15 is 0 Å². The Morgan fingerprint density at radius 1 is 1.35 bits per heavy atom. The fourth-order valence-electron chi connectivity index (χ4n) is 1.91. The van der Waals surface area contributed by atoms with Crippen LogP contribution in [0.2, 0.25) is 0 Å². The minimum Gasteiger partial charge on any atom is -0.349 e. The summed E-state index contributed by atoms with van der Waals surface area (Å²) in [7, 11) is 0. The summed E-state index contributed by atoms with van der Waals surface area (Å²) in [6.45, 7) is 2.22. The molecule has 0 saturated heterocycles. The number of aliphatic imine (C=N–C) groups is 1. The molecular weight excluding hydrogens is 261 g/mol. The van der Waals surface area contributed by atoms with Gasteiger partial charge in [0, 0.05) is 12.3 Å². The fraction of sp³-hybridized carbons (Fsp3) is 0.231. The summed E-state index contributed by atoms with van der Waals surface area (Å²) in [6.07, 6.45) is 0.258. The van der Waals surface area contributed by atoms with Crippen molar-refractivity contribution in [1.82, 2.24) is 14.8 Å². The van der Waals surface area contributed by atoms with Crippen LogP contribution < -0.4 is 5.32 Å². The van der Waals surface area contributed by atoms with Crippen molar-refractivity contribution in [2.45, 2.75) is 19.9 Å². The highest BCUT2D eigenvalue weighted by atomic mass is 19.1. The van der Waals surface area contributed by atoms with E-state index in [1.165, 1.54) is 16.8 Å². The Morgan fingerprint density at radius 2 is 2.10 bits per heavy atom. The Hall–Kier alpha value is -2.57. The molecule has 2 aromatic rings. The zero-order valence-corrected chi connectivity index (χ0v) is 10.8. The molecule has 0 amide bonds. The van der Waals surface area contributed by atoms with Crippen LogP contribution in [0.15, 0.2) is 29.3 Å². The summed E-state index contributed by atoms with van der Waals surface area (Å²) in [5, 5.41) is 7.05. The first-order valence-corrected chi connectivity index (χ1v) is 6.14. The summed E-state index contributed by atoms with van der Waals surface area (Å²) < 4.78 is 14.0. The van der Waals surface area contributed by atoms with E-state index in [-0.39, 0.29) is 18.1 Å². The Morgan fingerprint density at radius 3 is 2.85 bits per heavy atom. The lowest BCUT2D eigenvalue weighted by molar-refractivity contribution is 0.0906. The lowest BCUT2D eigenvalue weighted by Crippen LogP contribution is -2.19. The second kappa shape index (κ2) is 4.84. The van der Waals surface area contributed by atoms with Crippen molar-refractivity contribution in [1.29, 1.82) is 0 Å². The average Bonchev–Trinajstić information content (AvgIpc) is 2.81. The van der Waals surface area contributed by atoms with E-state index in [4.69, 9.17) is 0 Å². The van der Waals surface area contributed by atoms with E-state index in [9.17, 15) is 9.18 Å². The van der Waals surface area contributed by atoms with Crippen LogP contribution in [0.25, 0.3) is 0 Å². The summed E-state index contributed by atoms with van der Waals surface area (Å²) in [4.78, 5) is 20.1. The molecule has 20 heavy (non-hydrogen) atoms. The van der Waals surface area contributed by atoms with Gasteiger partial charge in [-0.2, -0.15) is 9.67 Å². The number of benzene rings is 1. The largest absolute Gasteiger partial charge is 0.349 e. The van der Waals surface area contributed by atoms with Gasteiger partial charge in [0.1, 0.15) is 5.82 Å². The number of nitrogens with zero attached hydrogens (tertiary/aromatic N) is 4. The normalized spacial score (nSPS) is 13.9. The third kappa shape index (κ3) is 2.42. The van der Waals surface area contributed by atoms with Crippen LogP contribution in [-0.2, 0) is 6.54 Å². The van der Waals surface area contributed by atoms with Crippen molar-refractivity contribution in [3.05, 3.63) is 35.6 Å². The monoisotopic (exact) mass is 273 g/mol. The number of hydrogen-bond donors (Lipinski definition) is 1. The molecule has 1 N–H and O–H groups in total. The van der Waals surface area contributed by atoms with Gasteiger partial charge in [0.25, 0.3) is 11.9 Å². The number of hydrogen-bond acceptors (Lipinski definition) is 5. The number of rotatable bonds is 3. The highest BCUT2D eigenvalue weighted by Crippen LogP contribution is 2.18. The van der Waals surface area contributed by atoms with Gasteiger partial charge in [-0.15, -0.1) is 5.10 Å². The van der Waals surface area contributed by atoms with Gasteiger partial charge in [-0.1, -0.05) is 12.1 Å². The third-order valence-corrected chi connectivity index (χ3v) is 2.89. The average molecular weight is 273 g/mol. The molecule has 0 spiro atoms. The zero-order valence-electron chi connectivity index (χ0n) is 10.8. The van der Waals surface area contributed by atoms with Crippen molar-refractivity contribution in [3.8, 4) is 0 Å². The molecule has 0 unspecified atom stereocenters. The molecule has 0 fully saturated rings. The van der Waals surface area contributed by atoms with E-state index in [2.05, 4.69) is 20.4 Å². The highest BCUT2D eigenvalue weighted by molar-refractivity contribution is 6.04. The molecule has 102 valence electrons. The SMILES string of the molecule is CC1=Nc2nc(NCc3ccc(F)cc3)nn2C(=O)C1. The highest BCUT2D eigenvalue weighted by Gasteiger charge is 2.20. The summed E-state index contributed by atoms with van der Waals surface area (Å²) in [5.74, 6) is 0.200. The zero-order chi connectivity index (χ0) is 14.1. The number of carbonyl (C=O) groups is 1. The van der Waals surface area contributed by atoms with Crippen LogP contribution >= 0.6 is 0 Å². The van der Waals surface area contributed by atoms with Crippen LogP contribution in [0.3, 0.4) is 0 Å². The van der Waals surface area contributed by atoms with Gasteiger partial charge >= 0.3 is 0 Å². The lowest BCUT2D eigenvalue weighted by atomic mass is 10.2. The van der Waals surface area contributed by atoms with Gasteiger partial charge in [0.15, 0.2) is 0 Å². The van der Waals surface area contributed by atoms with Gasteiger partial charge < -0.3 is 5.32 Å². The second-order valence-electron chi connectivity index (χ2n) is 4.54. The topological polar surface area (TPSA) is 72.2 Å². The second-order valence-corrected chi connectivity index (χ2v) is 4.54. The van der Waals surface area contributed by atoms with Gasteiger partial charge in [-0.05, 0) is 24.6 Å². The maximum absolute atomic E-state index is 12.8. The van der Waals surface area contributed by atoms with Gasteiger partial charge in [-0.3, -0.25) is 4.79 Å². The molecule has 1 aliphatic heterocycles. The van der Waals surface area contributed by atoms with E-state index in [0.29, 0.717) is 18.4 Å². The first-order chi connectivity index (χ1) is 9.61. The molecule has 0 atom stereocenters. The molecular formula is C13H12FN5O. The Labute approximate surface area is 114 Å². The fourth-order valence-corrected chi connectivity index (χ4v) is 1.91. The van der Waals surface area contributed by atoms with Crippen molar-refractivity contribution < 1.29 is 9.18 Å². The van der Waals surface area contributed by atoms with Crippen LogP contribution in [0.4, 0.5) is 16.3 Å². The molecule has 1 aromatic carbocycles. The number of halogens is 1. The lowest BCUT2D eigenvalue weighted by Gasteiger charge is -2.06. The molecule has 0 bridgehead atoms. The number of carbonyl (C=O) groups excluding carboxylic acids is 1. The smallest absolute Gasteiger partial charge is 0.257 e. The number of anilines is 1. The summed E-state index contributed by atoms with van der Waals surface area (Å²) in [6, 6.07) is 6.12. The number of nitrogens with one attached hydrogen (secondary N) is 1. The van der Waals surface area contributed by atoms with E-state index in [1.807, 2.05) is 0 Å². The van der Waals surface area contributed by atoms with Gasteiger partial charge in [0.05, 0.1) is 6.42 Å². The predicted molar refractivity (Wildman–Crippen MR) is 71.8 cm³/mol. The van der Waals surface area contributed by atoms with E-state index in [1.54, 1.807) is 19.1 Å². The van der Waals surface area contributed by atoms with Crippen LogP contribution in [-0.4, -0.2) is 26.4 Å². The Bertz CT molecular complexity index is 689. The minimum absolute atomic E-state index is 0.144. The molecule has 2 heterocycles. The maximum atomic E-state index is 12.8. The first-order valence-electron chi connectivity index (χ1n) is 6.14. The molecule has 1 aliphatic rings. The summed E-state index contributed by atoms with van der Waals surface area (Å²) in [5.41, 5.74) is 1.62. The van der Waals surface area contributed by atoms with Crippen LogP contribution in [0, 0.1) is 5.82 Å². The van der Waals surface area contributed by atoms with Crippen molar-refractivity contribution in [2.75, 3.05) is 5.32 Å². The van der Waals surface area contributed by atoms with Gasteiger partial charge in [-0.25, -0.2) is 9.38 Å². The molecule has 0 aliphatic carbocycles. The molecule has 7 heteroatoms. The summed E-state index contributed by atoms with van der Waals surface area (Å²) >= 11 is 0. The Balaban J connectivity index is 1.75. The number of aromatic nitrogens is 3. The van der Waals surface area contributed by atoms with Crippen LogP contribution in [0.5, 0.6) is 0 Å². The van der Waals surface area contributed by atoms with Gasteiger partial charge in [0.2, 0.25) is 5.95 Å². The minimum atomic E-state index is -0.278. The third-order valence-electron chi connectivity index (χ3n) is 2.89. The van der Waals surface area contributed by atoms with E-state index in [0.717, 1.165) is 11.3 Å². The number of fused-ring (bicyclic) bond motifs is 1. The van der Waals surface area contributed by atoms with E-state index < -0.39 is 0 Å². The molecule has 0 radical (unpaired) electrons. The maximum Gasteiger partial charge on any atom is 0.257 e. The molecule has 3 rings (SSSR count). The molecule has 0 saturated carbocycles. The predicted octanol–water partition coefficient (Wildman–Crippen LogP) is 2.17. The Kier molecular flexibility index (Phi) is 3.02. The van der Waals surface area contributed by atoms with Crippen molar-refractivity contribution in [2.24, 2.45) is 4.99 Å². The molecule has 1 aromatic heterocycles. The van der Waals surface area contributed by atoms with Crippen LogP contribution in [0.1, 0.15) is 23.7 Å². The quantitative estimate of drug-likeness (QED) is 0.930. The standard InChI is InChI=1S/C13H12FN5O/c1-8-6-11(20)19-13(16-8)17-12(18-19)15-7-9-2-4-10(14)5-3-9/h2-5H,6-7H2,1H3,(H,15,18). The van der Waals surface area contributed by atoms with Crippen molar-refractivity contribution >= 4 is 23.5 Å². The molecule has 6 nitrogen and oxygen atoms in total. The van der Waals surface area contributed by atoms with Crippen molar-refractivity contribution in [3.63, 3.8) is 0 Å².